The smallest absolute Gasteiger partial charge is 0.255 e. The van der Waals surface area contributed by atoms with E-state index in [1.54, 1.807) is 42.5 Å². The number of rotatable bonds is 7. The maximum Gasteiger partial charge on any atom is 0.255 e. The molecule has 2 aromatic carbocycles. The minimum absolute atomic E-state index is 0.0217. The van der Waals surface area contributed by atoms with Gasteiger partial charge in [-0.25, -0.2) is 0 Å². The first-order valence-electron chi connectivity index (χ1n) is 9.42. The van der Waals surface area contributed by atoms with Crippen molar-refractivity contribution in [3.63, 3.8) is 0 Å². The lowest BCUT2D eigenvalue weighted by molar-refractivity contribution is -0.114. The van der Waals surface area contributed by atoms with Crippen LogP contribution in [0.3, 0.4) is 0 Å². The summed E-state index contributed by atoms with van der Waals surface area (Å²) in [5.74, 6) is 0.495. The molecule has 28 heavy (non-hydrogen) atoms. The number of hydrogen-bond acceptors (Lipinski definition) is 4. The van der Waals surface area contributed by atoms with Crippen LogP contribution in [0.15, 0.2) is 42.5 Å². The monoisotopic (exact) mass is 401 g/mol. The normalized spacial score (nSPS) is 13.3. The van der Waals surface area contributed by atoms with Crippen LogP contribution in [0, 0.1) is 0 Å². The van der Waals surface area contributed by atoms with E-state index in [4.69, 9.17) is 16.3 Å². The third-order valence-electron chi connectivity index (χ3n) is 4.49. The molecule has 0 aromatic heterocycles. The second-order valence-corrected chi connectivity index (χ2v) is 6.98. The van der Waals surface area contributed by atoms with Crippen molar-refractivity contribution in [2.24, 2.45) is 0 Å². The number of amides is 2. The van der Waals surface area contributed by atoms with Crippen LogP contribution in [-0.4, -0.2) is 43.0 Å². The Morgan fingerprint density at radius 1 is 1.11 bits per heavy atom. The number of halogens is 1. The van der Waals surface area contributed by atoms with Gasteiger partial charge >= 0.3 is 0 Å². The zero-order valence-electron chi connectivity index (χ0n) is 15.8. The summed E-state index contributed by atoms with van der Waals surface area (Å²) in [5, 5.41) is 6.36. The second kappa shape index (κ2) is 9.46. The molecule has 0 bridgehead atoms. The molecule has 2 N–H and O–H groups in total. The van der Waals surface area contributed by atoms with Crippen LogP contribution < -0.4 is 15.4 Å². The lowest BCUT2D eigenvalue weighted by atomic mass is 10.1. The first-order chi connectivity index (χ1) is 13.6. The minimum Gasteiger partial charge on any atom is -0.494 e. The highest BCUT2D eigenvalue weighted by molar-refractivity contribution is 6.31. The Bertz CT molecular complexity index is 833. The molecule has 148 valence electrons. The molecule has 2 amide bonds. The zero-order chi connectivity index (χ0) is 19.9. The molecular weight excluding hydrogens is 378 g/mol. The lowest BCUT2D eigenvalue weighted by Gasteiger charge is -2.18. The minimum atomic E-state index is -0.219. The molecule has 1 aliphatic rings. The molecule has 0 aliphatic carbocycles. The predicted molar refractivity (Wildman–Crippen MR) is 111 cm³/mol. The van der Waals surface area contributed by atoms with E-state index in [1.807, 2.05) is 11.8 Å². The molecule has 1 saturated heterocycles. The first-order valence-corrected chi connectivity index (χ1v) is 9.80. The average Bonchev–Trinajstić information content (AvgIpc) is 3.22. The molecule has 0 saturated carbocycles. The highest BCUT2D eigenvalue weighted by Crippen LogP contribution is 2.24. The van der Waals surface area contributed by atoms with Gasteiger partial charge in [0.15, 0.2) is 0 Å². The largest absolute Gasteiger partial charge is 0.494 e. The van der Waals surface area contributed by atoms with Crippen LogP contribution in [0.4, 0.5) is 11.4 Å². The van der Waals surface area contributed by atoms with Gasteiger partial charge in [-0.3, -0.25) is 9.59 Å². The number of benzene rings is 2. The van der Waals surface area contributed by atoms with Crippen molar-refractivity contribution < 1.29 is 14.3 Å². The molecule has 6 nitrogen and oxygen atoms in total. The van der Waals surface area contributed by atoms with Crippen molar-refractivity contribution in [2.75, 3.05) is 36.9 Å². The van der Waals surface area contributed by atoms with Crippen molar-refractivity contribution in [1.29, 1.82) is 0 Å². The van der Waals surface area contributed by atoms with E-state index in [-0.39, 0.29) is 18.4 Å². The fourth-order valence-electron chi connectivity index (χ4n) is 3.12. The topological polar surface area (TPSA) is 70.7 Å². The number of hydrogen-bond donors (Lipinski definition) is 2. The molecule has 2 aromatic rings. The van der Waals surface area contributed by atoms with Gasteiger partial charge in [0.05, 0.1) is 18.7 Å². The van der Waals surface area contributed by atoms with Crippen LogP contribution in [-0.2, 0) is 4.79 Å². The Hall–Kier alpha value is -2.73. The van der Waals surface area contributed by atoms with E-state index in [9.17, 15) is 9.59 Å². The van der Waals surface area contributed by atoms with Crippen LogP contribution in [0.5, 0.6) is 5.75 Å². The molecule has 0 atom stereocenters. The first kappa shape index (κ1) is 20.0. The molecule has 3 rings (SSSR count). The van der Waals surface area contributed by atoms with Gasteiger partial charge in [0.25, 0.3) is 5.91 Å². The number of anilines is 2. The second-order valence-electron chi connectivity index (χ2n) is 6.55. The Kier molecular flexibility index (Phi) is 6.76. The summed E-state index contributed by atoms with van der Waals surface area (Å²) in [4.78, 5) is 26.8. The maximum absolute atomic E-state index is 12.7. The number of carbonyl (C=O) groups excluding carboxylic acids is 2. The van der Waals surface area contributed by atoms with E-state index in [0.717, 1.165) is 31.7 Å². The number of carbonyl (C=O) groups is 2. The highest BCUT2D eigenvalue weighted by Gasteiger charge is 2.22. The van der Waals surface area contributed by atoms with E-state index in [1.165, 1.54) is 0 Å². The molecule has 1 fully saturated rings. The molecule has 7 heteroatoms. The molecule has 1 heterocycles. The van der Waals surface area contributed by atoms with Crippen LogP contribution >= 0.6 is 11.6 Å². The summed E-state index contributed by atoms with van der Waals surface area (Å²) in [6.45, 7) is 4.06. The van der Waals surface area contributed by atoms with Crippen molar-refractivity contribution in [1.82, 2.24) is 4.90 Å². The number of likely N-dealkylation sites (tertiary alicyclic amines) is 1. The SMILES string of the molecule is CCOc1ccc(NC(=O)CNc2cc(Cl)ccc2C(=O)N2CCCC2)cc1. The van der Waals surface area contributed by atoms with E-state index < -0.39 is 0 Å². The van der Waals surface area contributed by atoms with Crippen molar-refractivity contribution >= 4 is 34.8 Å². The van der Waals surface area contributed by atoms with Crippen molar-refractivity contribution in [3.8, 4) is 5.75 Å². The van der Waals surface area contributed by atoms with Gasteiger partial charge in [-0.05, 0) is 62.2 Å². The van der Waals surface area contributed by atoms with Gasteiger partial charge < -0.3 is 20.3 Å². The highest BCUT2D eigenvalue weighted by atomic mass is 35.5. The summed E-state index contributed by atoms with van der Waals surface area (Å²) in [7, 11) is 0. The van der Waals surface area contributed by atoms with Crippen molar-refractivity contribution in [2.45, 2.75) is 19.8 Å². The fourth-order valence-corrected chi connectivity index (χ4v) is 3.29. The quantitative estimate of drug-likeness (QED) is 0.735. The van der Waals surface area contributed by atoms with Crippen LogP contribution in [0.1, 0.15) is 30.1 Å². The average molecular weight is 402 g/mol. The van der Waals surface area contributed by atoms with Crippen LogP contribution in [0.25, 0.3) is 0 Å². The van der Waals surface area contributed by atoms with Gasteiger partial charge in [-0.15, -0.1) is 0 Å². The maximum atomic E-state index is 12.7. The molecule has 0 radical (unpaired) electrons. The Balaban J connectivity index is 1.62. The third kappa shape index (κ3) is 5.16. The standard InChI is InChI=1S/C21H24ClN3O3/c1-2-28-17-8-6-16(7-9-17)24-20(26)14-23-19-13-15(22)5-10-18(19)21(27)25-11-3-4-12-25/h5-10,13,23H,2-4,11-12,14H2,1H3,(H,24,26). The molecular formula is C21H24ClN3O3. The molecule has 0 unspecified atom stereocenters. The van der Waals surface area contributed by atoms with Gasteiger partial charge in [0.1, 0.15) is 5.75 Å². The number of nitrogens with one attached hydrogen (secondary N) is 2. The predicted octanol–water partition coefficient (Wildman–Crippen LogP) is 4.03. The number of ether oxygens (including phenoxy) is 1. The van der Waals surface area contributed by atoms with E-state index in [0.29, 0.717) is 28.6 Å². The van der Waals surface area contributed by atoms with E-state index in [2.05, 4.69) is 10.6 Å². The summed E-state index contributed by atoms with van der Waals surface area (Å²) < 4.78 is 5.39. The summed E-state index contributed by atoms with van der Waals surface area (Å²) >= 11 is 6.09. The Labute approximate surface area is 169 Å². The fraction of sp³-hybridized carbons (Fsp3) is 0.333. The lowest BCUT2D eigenvalue weighted by Crippen LogP contribution is -2.29. The van der Waals surface area contributed by atoms with Gasteiger partial charge in [0.2, 0.25) is 5.91 Å². The van der Waals surface area contributed by atoms with E-state index >= 15 is 0 Å². The molecule has 1 aliphatic heterocycles. The van der Waals surface area contributed by atoms with Gasteiger partial charge in [-0.1, -0.05) is 11.6 Å². The van der Waals surface area contributed by atoms with Crippen molar-refractivity contribution in [3.05, 3.63) is 53.1 Å². The Morgan fingerprint density at radius 2 is 1.82 bits per heavy atom. The zero-order valence-corrected chi connectivity index (χ0v) is 16.6. The van der Waals surface area contributed by atoms with Crippen LogP contribution in [0.2, 0.25) is 5.02 Å². The summed E-state index contributed by atoms with van der Waals surface area (Å²) in [6.07, 6.45) is 2.04. The third-order valence-corrected chi connectivity index (χ3v) is 4.73. The molecule has 0 spiro atoms. The van der Waals surface area contributed by atoms with Gasteiger partial charge in [-0.2, -0.15) is 0 Å². The number of nitrogens with zero attached hydrogens (tertiary/aromatic N) is 1. The summed E-state index contributed by atoms with van der Waals surface area (Å²) in [6, 6.07) is 12.2. The Morgan fingerprint density at radius 3 is 2.50 bits per heavy atom. The summed E-state index contributed by atoms with van der Waals surface area (Å²) in [5.41, 5.74) is 1.76. The van der Waals surface area contributed by atoms with Gasteiger partial charge in [0, 0.05) is 29.5 Å².